The maximum Gasteiger partial charge on any atom is 0.380 e. The van der Waals surface area contributed by atoms with Crippen molar-refractivity contribution in [2.75, 3.05) is 18.5 Å². The Hall–Kier alpha value is -3.20. The lowest BCUT2D eigenvalue weighted by atomic mass is 9.92. The van der Waals surface area contributed by atoms with Crippen molar-refractivity contribution in [1.29, 1.82) is 0 Å². The number of anilines is 1. The average Bonchev–Trinajstić information content (AvgIpc) is 3.10. The number of nitrogens with two attached hydrogens (primary N) is 2. The number of nitrogen functional groups attached to an aromatic ring is 1. The standard InChI is InChI=1S/C24H31N4O8P/c1-5-24(26)20(29)18(35-22(24)28-12-11-19(25)27-23(28)31)13-33-37(32,36-17-9-7-6-8-10-17)14-16(4)21(30)34-15(2)3/h1,6-12,15-16,18,20,22,29H,13-14,26H2,2-4H3,(H2,25,27,31)/t16-,18-,20+,22-,24?,37+/m1/s1/i13D2. The Labute approximate surface area is 217 Å². The predicted molar refractivity (Wildman–Crippen MR) is 134 cm³/mol. The maximum absolute atomic E-state index is 14.0. The summed E-state index contributed by atoms with van der Waals surface area (Å²) in [6.45, 7) is 1.64. The van der Waals surface area contributed by atoms with Crippen LogP contribution in [0.25, 0.3) is 0 Å². The van der Waals surface area contributed by atoms with E-state index < -0.39 is 68.0 Å². The summed E-state index contributed by atoms with van der Waals surface area (Å²) in [6.07, 6.45) is 0.193. The van der Waals surface area contributed by atoms with E-state index in [1.165, 1.54) is 31.3 Å². The van der Waals surface area contributed by atoms with E-state index in [-0.39, 0.29) is 11.6 Å². The molecule has 0 bridgehead atoms. The van der Waals surface area contributed by atoms with Gasteiger partial charge in [-0.05, 0) is 32.0 Å². The van der Waals surface area contributed by atoms with Crippen LogP contribution in [0, 0.1) is 18.3 Å². The second kappa shape index (κ2) is 11.5. The van der Waals surface area contributed by atoms with Gasteiger partial charge in [-0.2, -0.15) is 4.98 Å². The molecule has 1 aromatic carbocycles. The number of nitrogens with zero attached hydrogens (tertiary/aromatic N) is 2. The number of carbonyl (C=O) groups is 1. The number of benzene rings is 1. The zero-order valence-corrected chi connectivity index (χ0v) is 21.4. The summed E-state index contributed by atoms with van der Waals surface area (Å²) in [5.41, 5.74) is 8.68. The first kappa shape index (κ1) is 25.4. The number of aliphatic hydroxyl groups is 1. The van der Waals surface area contributed by atoms with Crippen molar-refractivity contribution in [2.45, 2.75) is 50.8 Å². The van der Waals surface area contributed by atoms with Crippen LogP contribution in [0.1, 0.15) is 29.7 Å². The smallest absolute Gasteiger partial charge is 0.380 e. The van der Waals surface area contributed by atoms with E-state index >= 15 is 0 Å². The minimum absolute atomic E-state index is 0.0723. The summed E-state index contributed by atoms with van der Waals surface area (Å²) < 4.78 is 53.8. The number of esters is 1. The first-order chi connectivity index (χ1) is 18.1. The molecule has 0 amide bonds. The summed E-state index contributed by atoms with van der Waals surface area (Å²) in [5.74, 6) is 0.393. The largest absolute Gasteiger partial charge is 0.463 e. The summed E-state index contributed by atoms with van der Waals surface area (Å²) in [4.78, 5) is 28.5. The van der Waals surface area contributed by atoms with E-state index in [0.717, 1.165) is 4.57 Å². The lowest BCUT2D eigenvalue weighted by Gasteiger charge is -2.27. The topological polar surface area (TPSA) is 178 Å². The van der Waals surface area contributed by atoms with Crippen molar-refractivity contribution < 1.29 is 35.7 Å². The van der Waals surface area contributed by atoms with E-state index in [9.17, 15) is 19.3 Å². The fourth-order valence-corrected chi connectivity index (χ4v) is 5.21. The van der Waals surface area contributed by atoms with Gasteiger partial charge in [0.2, 0.25) is 0 Å². The molecule has 1 aliphatic heterocycles. The average molecular weight is 537 g/mol. The molecule has 5 N–H and O–H groups in total. The normalized spacial score (nSPS) is 26.9. The van der Waals surface area contributed by atoms with Crippen molar-refractivity contribution in [1.82, 2.24) is 9.55 Å². The van der Waals surface area contributed by atoms with E-state index in [4.69, 9.17) is 39.2 Å². The molecule has 0 spiro atoms. The molecular formula is C24H31N4O8P. The van der Waals surface area contributed by atoms with Crippen LogP contribution < -0.4 is 21.7 Å². The highest BCUT2D eigenvalue weighted by Gasteiger charge is 2.55. The number of para-hydroxylation sites is 1. The Bertz CT molecular complexity index is 1340. The van der Waals surface area contributed by atoms with Crippen LogP contribution >= 0.6 is 7.60 Å². The minimum atomic E-state index is -4.51. The van der Waals surface area contributed by atoms with Gasteiger partial charge < -0.3 is 30.6 Å². The number of hydrogen-bond donors (Lipinski definition) is 3. The predicted octanol–water partition coefficient (Wildman–Crippen LogP) is 1.29. The lowest BCUT2D eigenvalue weighted by Crippen LogP contribution is -2.54. The van der Waals surface area contributed by atoms with Gasteiger partial charge in [0.1, 0.15) is 23.8 Å². The molecule has 200 valence electrons. The second-order valence-corrected chi connectivity index (χ2v) is 10.7. The van der Waals surface area contributed by atoms with E-state index in [1.54, 1.807) is 32.0 Å². The minimum Gasteiger partial charge on any atom is -0.463 e. The van der Waals surface area contributed by atoms with Crippen molar-refractivity contribution in [3.63, 3.8) is 0 Å². The van der Waals surface area contributed by atoms with Gasteiger partial charge >= 0.3 is 19.3 Å². The van der Waals surface area contributed by atoms with Crippen LogP contribution in [-0.2, 0) is 23.4 Å². The van der Waals surface area contributed by atoms with Crippen molar-refractivity contribution in [3.05, 3.63) is 53.1 Å². The Kier molecular flexibility index (Phi) is 7.88. The number of aromatic nitrogens is 2. The quantitative estimate of drug-likeness (QED) is 0.226. The first-order valence-corrected chi connectivity index (χ1v) is 13.0. The Balaban J connectivity index is 1.96. The van der Waals surface area contributed by atoms with Crippen molar-refractivity contribution >= 4 is 19.4 Å². The second-order valence-electron chi connectivity index (χ2n) is 8.77. The van der Waals surface area contributed by atoms with Crippen LogP contribution in [0.2, 0.25) is 0 Å². The summed E-state index contributed by atoms with van der Waals surface area (Å²) in [6, 6.07) is 9.04. The zero-order chi connectivity index (χ0) is 29.2. The third-order valence-electron chi connectivity index (χ3n) is 5.36. The third-order valence-corrected chi connectivity index (χ3v) is 7.23. The zero-order valence-electron chi connectivity index (χ0n) is 22.5. The van der Waals surface area contributed by atoms with Crippen LogP contribution in [0.4, 0.5) is 5.82 Å². The number of aliphatic hydroxyl groups excluding tert-OH is 1. The fraction of sp³-hybridized carbons (Fsp3) is 0.458. The van der Waals surface area contributed by atoms with Crippen molar-refractivity contribution in [2.24, 2.45) is 11.7 Å². The number of carbonyl (C=O) groups excluding carboxylic acids is 1. The van der Waals surface area contributed by atoms with Gasteiger partial charge in [0.15, 0.2) is 11.8 Å². The Morgan fingerprint density at radius 3 is 2.65 bits per heavy atom. The number of hydrogen-bond acceptors (Lipinski definition) is 11. The van der Waals surface area contributed by atoms with E-state index in [1.807, 2.05) is 0 Å². The van der Waals surface area contributed by atoms with Crippen LogP contribution in [0.5, 0.6) is 5.75 Å². The monoisotopic (exact) mass is 536 g/mol. The van der Waals surface area contributed by atoms with E-state index in [0.29, 0.717) is 0 Å². The summed E-state index contributed by atoms with van der Waals surface area (Å²) >= 11 is 0. The molecule has 12 nitrogen and oxygen atoms in total. The van der Waals surface area contributed by atoms with Gasteiger partial charge in [-0.1, -0.05) is 31.0 Å². The summed E-state index contributed by atoms with van der Waals surface area (Å²) in [5, 5.41) is 11.0. The van der Waals surface area contributed by atoms with Crippen molar-refractivity contribution in [3.8, 4) is 18.1 Å². The molecule has 0 saturated carbocycles. The van der Waals surface area contributed by atoms with Gasteiger partial charge in [-0.3, -0.25) is 13.9 Å². The molecule has 37 heavy (non-hydrogen) atoms. The fourth-order valence-electron chi connectivity index (χ4n) is 3.50. The van der Waals surface area contributed by atoms with E-state index in [2.05, 4.69) is 10.9 Å². The number of rotatable bonds is 10. The molecule has 1 aromatic heterocycles. The lowest BCUT2D eigenvalue weighted by molar-refractivity contribution is -0.151. The molecule has 0 radical (unpaired) electrons. The number of ether oxygens (including phenoxy) is 2. The van der Waals surface area contributed by atoms with Gasteiger partial charge in [0, 0.05) is 6.20 Å². The maximum atomic E-state index is 14.0. The number of terminal acetylenes is 1. The molecular weight excluding hydrogens is 503 g/mol. The molecule has 1 unspecified atom stereocenters. The molecule has 2 heterocycles. The highest BCUT2D eigenvalue weighted by atomic mass is 31.2. The molecule has 13 heteroatoms. The van der Waals surface area contributed by atoms with Crippen LogP contribution in [0.15, 0.2) is 47.4 Å². The molecule has 2 aromatic rings. The Morgan fingerprint density at radius 2 is 2.05 bits per heavy atom. The summed E-state index contributed by atoms with van der Waals surface area (Å²) in [7, 11) is -4.51. The van der Waals surface area contributed by atoms with Gasteiger partial charge in [-0.25, -0.2) is 9.36 Å². The van der Waals surface area contributed by atoms with Gasteiger partial charge in [-0.15, -0.1) is 6.42 Å². The van der Waals surface area contributed by atoms with Crippen LogP contribution in [0.3, 0.4) is 0 Å². The van der Waals surface area contributed by atoms with Gasteiger partial charge in [0.25, 0.3) is 0 Å². The van der Waals surface area contributed by atoms with Crippen LogP contribution in [-0.4, -0.2) is 57.2 Å². The molecule has 1 fully saturated rings. The Morgan fingerprint density at radius 1 is 1.38 bits per heavy atom. The third kappa shape index (κ3) is 6.57. The SMILES string of the molecule is [2H]C([2H])(O[P@@](=O)(C[C@@H](C)C(=O)OC(C)C)Oc1ccccc1)[C@H]1O[C@@H](n2ccc(N)nc2=O)C(N)(C#C)[C@H]1O. The molecule has 1 aliphatic rings. The van der Waals surface area contributed by atoms with Gasteiger partial charge in [0.05, 0.1) is 27.5 Å². The first-order valence-electron chi connectivity index (χ1n) is 12.3. The molecule has 1 saturated heterocycles. The highest BCUT2D eigenvalue weighted by molar-refractivity contribution is 7.54. The molecule has 6 atom stereocenters. The molecule has 0 aliphatic carbocycles. The molecule has 3 rings (SSSR count). The highest BCUT2D eigenvalue weighted by Crippen LogP contribution is 2.51.